The van der Waals surface area contributed by atoms with Crippen molar-refractivity contribution in [3.63, 3.8) is 0 Å². The molecule has 2 aliphatic carbocycles. The van der Waals surface area contributed by atoms with Crippen LogP contribution in [-0.4, -0.2) is 54.0 Å². The van der Waals surface area contributed by atoms with Crippen LogP contribution in [0.5, 0.6) is 0 Å². The molecule has 1 aromatic carbocycles. The average Bonchev–Trinajstić information content (AvgIpc) is 3.50. The van der Waals surface area contributed by atoms with Crippen LogP contribution in [0.25, 0.3) is 0 Å². The zero-order valence-electron chi connectivity index (χ0n) is 15.7. The van der Waals surface area contributed by atoms with Crippen molar-refractivity contribution in [3.8, 4) is 0 Å². The van der Waals surface area contributed by atoms with E-state index in [-0.39, 0.29) is 5.92 Å². The largest absolute Gasteiger partial charge is 0.382 e. The summed E-state index contributed by atoms with van der Waals surface area (Å²) in [5.74, 6) is 0.624. The average molecular weight is 376 g/mol. The van der Waals surface area contributed by atoms with Crippen molar-refractivity contribution >= 4 is 23.2 Å². The number of benzene rings is 1. The van der Waals surface area contributed by atoms with Crippen molar-refractivity contribution in [1.29, 1.82) is 0 Å². The van der Waals surface area contributed by atoms with Gasteiger partial charge < -0.3 is 10.2 Å². The second kappa shape index (κ2) is 7.77. The van der Waals surface area contributed by atoms with E-state index in [0.29, 0.717) is 11.9 Å². The third kappa shape index (κ3) is 4.17. The summed E-state index contributed by atoms with van der Waals surface area (Å²) in [4.78, 5) is 17.6. The minimum Gasteiger partial charge on any atom is -0.382 e. The zero-order chi connectivity index (χ0) is 18.1. The van der Waals surface area contributed by atoms with E-state index < -0.39 is 0 Å². The Morgan fingerprint density at radius 3 is 2.35 bits per heavy atom. The fourth-order valence-electron chi connectivity index (χ4n) is 4.41. The molecule has 142 valence electrons. The highest BCUT2D eigenvalue weighted by Gasteiger charge is 2.35. The second-order valence-electron chi connectivity index (χ2n) is 8.25. The molecule has 0 spiro atoms. The number of amides is 1. The number of rotatable bonds is 4. The fraction of sp³-hybridized carbons (Fsp3) is 0.667. The normalized spacial score (nSPS) is 27.4. The minimum absolute atomic E-state index is 0.224. The van der Waals surface area contributed by atoms with Crippen LogP contribution in [0.4, 0.5) is 5.69 Å². The molecule has 0 unspecified atom stereocenters. The molecule has 0 bridgehead atoms. The molecule has 0 radical (unpaired) electrons. The highest BCUT2D eigenvalue weighted by molar-refractivity contribution is 6.31. The van der Waals surface area contributed by atoms with Gasteiger partial charge >= 0.3 is 0 Å². The van der Waals surface area contributed by atoms with Gasteiger partial charge in [-0.1, -0.05) is 17.7 Å². The molecule has 1 saturated heterocycles. The summed E-state index contributed by atoms with van der Waals surface area (Å²) in [5.41, 5.74) is 2.19. The molecular formula is C21H30ClN3O. The van der Waals surface area contributed by atoms with Crippen LogP contribution >= 0.6 is 11.6 Å². The number of hydrogen-bond acceptors (Lipinski definition) is 3. The first kappa shape index (κ1) is 18.1. The van der Waals surface area contributed by atoms with Gasteiger partial charge in [-0.15, -0.1) is 0 Å². The SMILES string of the molecule is Cc1ccc(NC2CCC(C(=O)N3CCN(C4CC4)CC3)CC2)cc1Cl. The number of halogens is 1. The molecular weight excluding hydrogens is 346 g/mol. The number of nitrogens with zero attached hydrogens (tertiary/aromatic N) is 2. The van der Waals surface area contributed by atoms with Crippen LogP contribution in [0.1, 0.15) is 44.1 Å². The lowest BCUT2D eigenvalue weighted by Gasteiger charge is -2.38. The predicted octanol–water partition coefficient (Wildman–Crippen LogP) is 3.93. The molecule has 1 heterocycles. The van der Waals surface area contributed by atoms with Crippen molar-refractivity contribution in [2.75, 3.05) is 31.5 Å². The Kier molecular flexibility index (Phi) is 5.42. The summed E-state index contributed by atoms with van der Waals surface area (Å²) in [7, 11) is 0. The molecule has 5 heteroatoms. The fourth-order valence-corrected chi connectivity index (χ4v) is 4.59. The summed E-state index contributed by atoms with van der Waals surface area (Å²) >= 11 is 6.22. The molecule has 3 fully saturated rings. The smallest absolute Gasteiger partial charge is 0.225 e. The summed E-state index contributed by atoms with van der Waals surface area (Å²) in [6.07, 6.45) is 6.83. The molecule has 1 aromatic rings. The maximum Gasteiger partial charge on any atom is 0.225 e. The van der Waals surface area contributed by atoms with E-state index in [1.165, 1.54) is 12.8 Å². The third-order valence-corrected chi connectivity index (χ3v) is 6.72. The Bertz CT molecular complexity index is 645. The standard InChI is InChI=1S/C21H30ClN3O/c1-15-2-5-18(14-20(15)22)23-17-6-3-16(4-7-17)21(26)25-12-10-24(11-13-25)19-8-9-19/h2,5,14,16-17,19,23H,3-4,6-13H2,1H3. The Morgan fingerprint density at radius 1 is 1.04 bits per heavy atom. The summed E-state index contributed by atoms with van der Waals surface area (Å²) in [6.45, 7) is 6.02. The van der Waals surface area contributed by atoms with Crippen LogP contribution in [0.15, 0.2) is 18.2 Å². The van der Waals surface area contributed by atoms with Gasteiger partial charge in [-0.05, 0) is 63.1 Å². The number of aryl methyl sites for hydroxylation is 1. The number of nitrogens with one attached hydrogen (secondary N) is 1. The summed E-state index contributed by atoms with van der Waals surface area (Å²) in [5, 5.41) is 4.41. The molecule has 0 aromatic heterocycles. The van der Waals surface area contributed by atoms with Gasteiger partial charge in [-0.2, -0.15) is 0 Å². The molecule has 3 aliphatic rings. The number of hydrogen-bond donors (Lipinski definition) is 1. The highest BCUT2D eigenvalue weighted by Crippen LogP contribution is 2.31. The first-order chi connectivity index (χ1) is 12.6. The maximum atomic E-state index is 12.9. The van der Waals surface area contributed by atoms with Gasteiger partial charge in [0.2, 0.25) is 5.91 Å². The molecule has 0 atom stereocenters. The number of piperazine rings is 1. The second-order valence-corrected chi connectivity index (χ2v) is 8.66. The first-order valence-electron chi connectivity index (χ1n) is 10.2. The van der Waals surface area contributed by atoms with Gasteiger partial charge in [-0.3, -0.25) is 9.69 Å². The van der Waals surface area contributed by atoms with Crippen molar-refractivity contribution in [1.82, 2.24) is 9.80 Å². The van der Waals surface area contributed by atoms with E-state index in [1.807, 2.05) is 13.0 Å². The zero-order valence-corrected chi connectivity index (χ0v) is 16.5. The molecule has 4 rings (SSSR count). The third-order valence-electron chi connectivity index (χ3n) is 6.31. The number of carbonyl (C=O) groups is 1. The van der Waals surface area contributed by atoms with E-state index in [2.05, 4.69) is 27.2 Å². The van der Waals surface area contributed by atoms with Gasteiger partial charge in [0.15, 0.2) is 0 Å². The quantitative estimate of drug-likeness (QED) is 0.866. The number of carbonyl (C=O) groups excluding carboxylic acids is 1. The lowest BCUT2D eigenvalue weighted by atomic mass is 9.85. The molecule has 2 saturated carbocycles. The maximum absolute atomic E-state index is 12.9. The topological polar surface area (TPSA) is 35.6 Å². The molecule has 1 aliphatic heterocycles. The van der Waals surface area contributed by atoms with E-state index in [9.17, 15) is 4.79 Å². The van der Waals surface area contributed by atoms with E-state index >= 15 is 0 Å². The van der Waals surface area contributed by atoms with Gasteiger partial charge in [0.25, 0.3) is 0 Å². The number of anilines is 1. The van der Waals surface area contributed by atoms with Crippen molar-refractivity contribution < 1.29 is 4.79 Å². The highest BCUT2D eigenvalue weighted by atomic mass is 35.5. The lowest BCUT2D eigenvalue weighted by molar-refractivity contribution is -0.138. The van der Waals surface area contributed by atoms with Crippen LogP contribution in [0.2, 0.25) is 5.02 Å². The molecule has 1 amide bonds. The summed E-state index contributed by atoms with van der Waals surface area (Å²) < 4.78 is 0. The van der Waals surface area contributed by atoms with E-state index in [1.54, 1.807) is 0 Å². The van der Waals surface area contributed by atoms with Crippen molar-refractivity contribution in [2.24, 2.45) is 5.92 Å². The monoisotopic (exact) mass is 375 g/mol. The van der Waals surface area contributed by atoms with Crippen LogP contribution in [0.3, 0.4) is 0 Å². The first-order valence-corrected chi connectivity index (χ1v) is 10.5. The van der Waals surface area contributed by atoms with Gasteiger partial charge in [0.05, 0.1) is 0 Å². The minimum atomic E-state index is 0.224. The Morgan fingerprint density at radius 2 is 1.73 bits per heavy atom. The van der Waals surface area contributed by atoms with Gasteiger partial charge in [-0.25, -0.2) is 0 Å². The van der Waals surface area contributed by atoms with Crippen LogP contribution in [-0.2, 0) is 4.79 Å². The Labute approximate surface area is 161 Å². The molecule has 1 N–H and O–H groups in total. The Hall–Kier alpha value is -1.26. The van der Waals surface area contributed by atoms with Gasteiger partial charge in [0.1, 0.15) is 0 Å². The molecule has 26 heavy (non-hydrogen) atoms. The van der Waals surface area contributed by atoms with Crippen molar-refractivity contribution in [3.05, 3.63) is 28.8 Å². The van der Waals surface area contributed by atoms with E-state index in [4.69, 9.17) is 11.6 Å². The van der Waals surface area contributed by atoms with E-state index in [0.717, 1.165) is 74.2 Å². The van der Waals surface area contributed by atoms with Gasteiger partial charge in [0, 0.05) is 54.9 Å². The summed E-state index contributed by atoms with van der Waals surface area (Å²) in [6, 6.07) is 7.43. The lowest BCUT2D eigenvalue weighted by Crippen LogP contribution is -2.51. The van der Waals surface area contributed by atoms with Crippen LogP contribution < -0.4 is 5.32 Å². The molecule has 4 nitrogen and oxygen atoms in total. The predicted molar refractivity (Wildman–Crippen MR) is 107 cm³/mol. The van der Waals surface area contributed by atoms with Crippen LogP contribution in [0, 0.1) is 12.8 Å². The Balaban J connectivity index is 1.24. The van der Waals surface area contributed by atoms with Crippen molar-refractivity contribution in [2.45, 2.75) is 57.5 Å².